The molecular weight excluding hydrogens is 213 g/mol. The summed E-state index contributed by atoms with van der Waals surface area (Å²) < 4.78 is 12.8. The fraction of sp³-hybridized carbons (Fsp3) is 0.0909. The Labute approximate surface area is 91.4 Å². The van der Waals surface area contributed by atoms with Gasteiger partial charge in [-0.05, 0) is 23.8 Å². The molecule has 1 amide bonds. The summed E-state index contributed by atoms with van der Waals surface area (Å²) in [5, 5.41) is 10.9. The molecule has 0 aliphatic rings. The van der Waals surface area contributed by atoms with Gasteiger partial charge in [-0.3, -0.25) is 4.79 Å². The van der Waals surface area contributed by atoms with Crippen LogP contribution in [0.15, 0.2) is 30.0 Å². The largest absolute Gasteiger partial charge is 0.477 e. The summed E-state index contributed by atoms with van der Waals surface area (Å²) in [6.07, 6.45) is 1.19. The summed E-state index contributed by atoms with van der Waals surface area (Å²) in [5.74, 6) is -2.24. The third-order valence-electron chi connectivity index (χ3n) is 1.70. The lowest BCUT2D eigenvalue weighted by molar-refractivity contribution is -0.134. The van der Waals surface area contributed by atoms with Gasteiger partial charge >= 0.3 is 5.97 Å². The van der Waals surface area contributed by atoms with E-state index in [-0.39, 0.29) is 5.70 Å². The molecule has 0 fully saturated rings. The smallest absolute Gasteiger partial charge is 0.352 e. The first-order chi connectivity index (χ1) is 7.49. The Morgan fingerprint density at radius 2 is 2.12 bits per heavy atom. The van der Waals surface area contributed by atoms with Gasteiger partial charge in [-0.15, -0.1) is 0 Å². The quantitative estimate of drug-likeness (QED) is 0.761. The van der Waals surface area contributed by atoms with Crippen molar-refractivity contribution in [2.75, 3.05) is 0 Å². The molecule has 16 heavy (non-hydrogen) atoms. The molecule has 1 rings (SSSR count). The van der Waals surface area contributed by atoms with E-state index in [4.69, 9.17) is 5.11 Å². The molecule has 0 aromatic heterocycles. The Kier molecular flexibility index (Phi) is 3.77. The second-order valence-electron chi connectivity index (χ2n) is 3.10. The molecule has 1 aromatic carbocycles. The lowest BCUT2D eigenvalue weighted by Crippen LogP contribution is -2.24. The Morgan fingerprint density at radius 1 is 1.44 bits per heavy atom. The molecule has 0 bridgehead atoms. The number of amides is 1. The molecule has 0 aliphatic heterocycles. The highest BCUT2D eigenvalue weighted by Crippen LogP contribution is 2.07. The van der Waals surface area contributed by atoms with Crippen molar-refractivity contribution in [1.29, 1.82) is 0 Å². The van der Waals surface area contributed by atoms with Crippen molar-refractivity contribution in [1.82, 2.24) is 5.32 Å². The normalized spacial score (nSPS) is 11.0. The lowest BCUT2D eigenvalue weighted by atomic mass is 10.2. The zero-order chi connectivity index (χ0) is 12.1. The van der Waals surface area contributed by atoms with E-state index in [2.05, 4.69) is 5.32 Å². The number of hydrogen-bond donors (Lipinski definition) is 2. The first kappa shape index (κ1) is 11.9. The maximum atomic E-state index is 12.8. The van der Waals surface area contributed by atoms with Gasteiger partial charge in [0.05, 0.1) is 0 Å². The van der Waals surface area contributed by atoms with Crippen LogP contribution in [0, 0.1) is 5.82 Å². The number of aliphatic carboxylic acids is 1. The molecule has 84 valence electrons. The maximum absolute atomic E-state index is 12.8. The lowest BCUT2D eigenvalue weighted by Gasteiger charge is -2.02. The van der Waals surface area contributed by atoms with Gasteiger partial charge in [0.1, 0.15) is 11.5 Å². The van der Waals surface area contributed by atoms with E-state index in [1.807, 2.05) is 0 Å². The van der Waals surface area contributed by atoms with Gasteiger partial charge in [0.25, 0.3) is 0 Å². The third kappa shape index (κ3) is 3.53. The monoisotopic (exact) mass is 223 g/mol. The first-order valence-corrected chi connectivity index (χ1v) is 4.47. The molecule has 0 spiro atoms. The van der Waals surface area contributed by atoms with Crippen LogP contribution in [0.3, 0.4) is 0 Å². The fourth-order valence-electron chi connectivity index (χ4n) is 1.10. The number of nitrogens with one attached hydrogen (secondary N) is 1. The van der Waals surface area contributed by atoms with Crippen LogP contribution >= 0.6 is 0 Å². The number of hydrogen-bond acceptors (Lipinski definition) is 2. The van der Waals surface area contributed by atoms with Crippen LogP contribution in [0.1, 0.15) is 12.5 Å². The van der Waals surface area contributed by atoms with E-state index in [1.165, 1.54) is 37.3 Å². The zero-order valence-electron chi connectivity index (χ0n) is 8.53. The Hall–Kier alpha value is -2.17. The van der Waals surface area contributed by atoms with Gasteiger partial charge in [-0.1, -0.05) is 12.1 Å². The second-order valence-corrected chi connectivity index (χ2v) is 3.10. The van der Waals surface area contributed by atoms with E-state index in [0.717, 1.165) is 0 Å². The van der Waals surface area contributed by atoms with Gasteiger partial charge in [0.2, 0.25) is 5.91 Å². The van der Waals surface area contributed by atoms with Crippen LogP contribution in [0.4, 0.5) is 4.39 Å². The van der Waals surface area contributed by atoms with E-state index in [0.29, 0.717) is 5.56 Å². The Balaban J connectivity index is 3.02. The van der Waals surface area contributed by atoms with Gasteiger partial charge in [-0.25, -0.2) is 9.18 Å². The van der Waals surface area contributed by atoms with Gasteiger partial charge in [-0.2, -0.15) is 0 Å². The van der Waals surface area contributed by atoms with E-state index in [9.17, 15) is 14.0 Å². The van der Waals surface area contributed by atoms with Crippen molar-refractivity contribution in [3.8, 4) is 0 Å². The van der Waals surface area contributed by atoms with Crippen molar-refractivity contribution in [3.05, 3.63) is 41.3 Å². The molecule has 0 saturated carbocycles. The van der Waals surface area contributed by atoms with Crippen molar-refractivity contribution in [2.45, 2.75) is 6.92 Å². The summed E-state index contributed by atoms with van der Waals surface area (Å²) in [7, 11) is 0. The van der Waals surface area contributed by atoms with Gasteiger partial charge in [0, 0.05) is 6.92 Å². The van der Waals surface area contributed by atoms with Crippen LogP contribution < -0.4 is 5.32 Å². The summed E-state index contributed by atoms with van der Waals surface area (Å²) in [4.78, 5) is 21.5. The van der Waals surface area contributed by atoms with Crippen molar-refractivity contribution in [2.24, 2.45) is 0 Å². The van der Waals surface area contributed by atoms with Crippen LogP contribution in [-0.2, 0) is 9.59 Å². The summed E-state index contributed by atoms with van der Waals surface area (Å²) in [6, 6.07) is 5.41. The van der Waals surface area contributed by atoms with Crippen LogP contribution in [-0.4, -0.2) is 17.0 Å². The predicted octanol–water partition coefficient (Wildman–Crippen LogP) is 1.39. The molecule has 0 heterocycles. The molecular formula is C11H10FNO3. The molecule has 0 aliphatic carbocycles. The van der Waals surface area contributed by atoms with Crippen LogP contribution in [0.2, 0.25) is 0 Å². The maximum Gasteiger partial charge on any atom is 0.352 e. The van der Waals surface area contributed by atoms with Crippen LogP contribution in [0.25, 0.3) is 6.08 Å². The Bertz CT molecular complexity index is 454. The van der Waals surface area contributed by atoms with Crippen molar-refractivity contribution >= 4 is 18.0 Å². The third-order valence-corrected chi connectivity index (χ3v) is 1.70. The highest BCUT2D eigenvalue weighted by Gasteiger charge is 2.08. The number of halogens is 1. The summed E-state index contributed by atoms with van der Waals surface area (Å²) in [6.45, 7) is 1.20. The number of carboxylic acids is 1. The number of benzene rings is 1. The number of rotatable bonds is 3. The van der Waals surface area contributed by atoms with E-state index >= 15 is 0 Å². The molecule has 0 saturated heterocycles. The number of carbonyl (C=O) groups excluding carboxylic acids is 1. The van der Waals surface area contributed by atoms with Gasteiger partial charge in [0.15, 0.2) is 0 Å². The predicted molar refractivity (Wildman–Crippen MR) is 55.8 cm³/mol. The molecule has 2 N–H and O–H groups in total. The van der Waals surface area contributed by atoms with E-state index < -0.39 is 17.7 Å². The highest BCUT2D eigenvalue weighted by atomic mass is 19.1. The highest BCUT2D eigenvalue weighted by molar-refractivity contribution is 5.96. The average Bonchev–Trinajstić information content (AvgIpc) is 2.15. The topological polar surface area (TPSA) is 66.4 Å². The Morgan fingerprint density at radius 3 is 2.62 bits per heavy atom. The summed E-state index contributed by atoms with van der Waals surface area (Å²) >= 11 is 0. The number of carbonyl (C=O) groups is 2. The minimum absolute atomic E-state index is 0.293. The molecule has 0 atom stereocenters. The minimum atomic E-state index is -1.28. The SMILES string of the molecule is CC(=O)N/C(=C\c1cccc(F)c1)C(=O)O. The number of carboxylic acid groups (broad SMARTS) is 1. The fourth-order valence-corrected chi connectivity index (χ4v) is 1.10. The molecule has 4 nitrogen and oxygen atoms in total. The van der Waals surface area contributed by atoms with E-state index in [1.54, 1.807) is 0 Å². The molecule has 5 heteroatoms. The molecule has 0 radical (unpaired) electrons. The zero-order valence-corrected chi connectivity index (χ0v) is 8.53. The minimum Gasteiger partial charge on any atom is -0.477 e. The standard InChI is InChI=1S/C11H10FNO3/c1-7(14)13-10(11(15)16)6-8-3-2-4-9(12)5-8/h2-6H,1H3,(H,13,14)(H,15,16)/b10-6-. The van der Waals surface area contributed by atoms with Crippen molar-refractivity contribution in [3.63, 3.8) is 0 Å². The van der Waals surface area contributed by atoms with Gasteiger partial charge < -0.3 is 10.4 Å². The first-order valence-electron chi connectivity index (χ1n) is 4.47. The molecule has 1 aromatic rings. The molecule has 0 unspecified atom stereocenters. The second kappa shape index (κ2) is 5.06. The average molecular weight is 223 g/mol. The van der Waals surface area contributed by atoms with Crippen LogP contribution in [0.5, 0.6) is 0 Å². The van der Waals surface area contributed by atoms with Crippen molar-refractivity contribution < 1.29 is 19.1 Å². The summed E-state index contributed by atoms with van der Waals surface area (Å²) in [5.41, 5.74) is 0.0734.